The first-order valence-electron chi connectivity index (χ1n) is 10.0. The second-order valence-corrected chi connectivity index (χ2v) is 7.91. The summed E-state index contributed by atoms with van der Waals surface area (Å²) < 4.78 is 17.5. The molecule has 0 bridgehead atoms. The Morgan fingerprint density at radius 1 is 1.12 bits per heavy atom. The van der Waals surface area contributed by atoms with E-state index in [9.17, 15) is 4.79 Å². The third kappa shape index (κ3) is 4.90. The Hall–Kier alpha value is -3.02. The molecule has 8 heteroatoms. The number of carbonyl (C=O) groups excluding carboxylic acids is 1. The van der Waals surface area contributed by atoms with Crippen molar-refractivity contribution >= 4 is 50.9 Å². The molecule has 166 valence electrons. The van der Waals surface area contributed by atoms with Crippen LogP contribution in [-0.2, 0) is 4.79 Å². The van der Waals surface area contributed by atoms with Gasteiger partial charge in [-0.05, 0) is 90.0 Å². The van der Waals surface area contributed by atoms with Gasteiger partial charge in [0.05, 0.1) is 23.4 Å². The van der Waals surface area contributed by atoms with Crippen LogP contribution in [0.1, 0.15) is 19.4 Å². The highest BCUT2D eigenvalue weighted by molar-refractivity contribution is 9.10. The van der Waals surface area contributed by atoms with Crippen LogP contribution in [0.3, 0.4) is 0 Å². The fraction of sp³-hybridized carbons (Fsp3) is 0.250. The van der Waals surface area contributed by atoms with Crippen molar-refractivity contribution in [1.82, 2.24) is 4.90 Å². The number of terminal acetylenes is 1. The van der Waals surface area contributed by atoms with Crippen LogP contribution in [0, 0.1) is 12.3 Å². The highest BCUT2D eigenvalue weighted by Gasteiger charge is 2.36. The van der Waals surface area contributed by atoms with E-state index in [4.69, 9.17) is 32.9 Å². The van der Waals surface area contributed by atoms with Crippen LogP contribution in [0.2, 0.25) is 0 Å². The Bertz CT molecular complexity index is 1090. The SMILES string of the molecule is C#CCOc1c(Br)cc(/C=C2/C(=O)N(c3ccc(OCC)cc3)C(=S)N2C)cc1OCC. The van der Waals surface area contributed by atoms with Crippen molar-refractivity contribution in [3.05, 3.63) is 52.1 Å². The molecule has 3 rings (SSSR count). The minimum Gasteiger partial charge on any atom is -0.494 e. The highest BCUT2D eigenvalue weighted by Crippen LogP contribution is 2.38. The first-order chi connectivity index (χ1) is 15.4. The van der Waals surface area contributed by atoms with E-state index in [1.165, 1.54) is 4.90 Å². The average molecular weight is 515 g/mol. The van der Waals surface area contributed by atoms with Gasteiger partial charge in [0.25, 0.3) is 5.91 Å². The van der Waals surface area contributed by atoms with Crippen molar-refractivity contribution in [1.29, 1.82) is 0 Å². The first kappa shape index (κ1) is 23.6. The molecule has 1 aliphatic heterocycles. The number of anilines is 1. The summed E-state index contributed by atoms with van der Waals surface area (Å²) in [5, 5.41) is 0.392. The molecule has 0 radical (unpaired) electrons. The van der Waals surface area contributed by atoms with Crippen LogP contribution in [0.25, 0.3) is 6.08 Å². The third-order valence-electron chi connectivity index (χ3n) is 4.60. The third-order valence-corrected chi connectivity index (χ3v) is 5.65. The minimum absolute atomic E-state index is 0.117. The van der Waals surface area contributed by atoms with Crippen LogP contribution >= 0.6 is 28.1 Å². The zero-order valence-corrected chi connectivity index (χ0v) is 20.5. The van der Waals surface area contributed by atoms with Crippen LogP contribution < -0.4 is 19.1 Å². The molecule has 2 aromatic carbocycles. The number of hydrogen-bond donors (Lipinski definition) is 0. The number of amides is 1. The number of nitrogens with zero attached hydrogens (tertiary/aromatic N) is 2. The van der Waals surface area contributed by atoms with E-state index < -0.39 is 0 Å². The predicted molar refractivity (Wildman–Crippen MR) is 133 cm³/mol. The maximum atomic E-state index is 13.3. The lowest BCUT2D eigenvalue weighted by atomic mass is 10.1. The minimum atomic E-state index is -0.219. The number of halogens is 1. The van der Waals surface area contributed by atoms with Gasteiger partial charge in [-0.3, -0.25) is 9.69 Å². The van der Waals surface area contributed by atoms with Gasteiger partial charge in [0.2, 0.25) is 0 Å². The van der Waals surface area contributed by atoms with Crippen LogP contribution in [0.5, 0.6) is 17.2 Å². The molecular weight excluding hydrogens is 492 g/mol. The van der Waals surface area contributed by atoms with Gasteiger partial charge in [-0.15, -0.1) is 6.42 Å². The highest BCUT2D eigenvalue weighted by atomic mass is 79.9. The smallest absolute Gasteiger partial charge is 0.281 e. The van der Waals surface area contributed by atoms with Crippen molar-refractivity contribution in [2.75, 3.05) is 31.8 Å². The predicted octanol–water partition coefficient (Wildman–Crippen LogP) is 4.86. The standard InChI is InChI=1S/C24H23BrN2O4S/c1-5-12-31-22-19(25)13-16(15-21(22)30-7-3)14-20-23(28)27(24(32)26(20)4)17-8-10-18(11-9-17)29-6-2/h1,8-11,13-15H,6-7,12H2,2-4H3/b20-14-. The summed E-state index contributed by atoms with van der Waals surface area (Å²) in [5.74, 6) is 4.01. The van der Waals surface area contributed by atoms with E-state index in [2.05, 4.69) is 21.9 Å². The Morgan fingerprint density at radius 2 is 1.81 bits per heavy atom. The van der Waals surface area contributed by atoms with Gasteiger partial charge in [0.15, 0.2) is 16.6 Å². The Morgan fingerprint density at radius 3 is 2.44 bits per heavy atom. The van der Waals surface area contributed by atoms with E-state index in [0.29, 0.717) is 45.7 Å². The number of rotatable bonds is 8. The maximum absolute atomic E-state index is 13.3. The normalized spacial score (nSPS) is 14.7. The van der Waals surface area contributed by atoms with Crippen LogP contribution in [0.4, 0.5) is 5.69 Å². The van der Waals surface area contributed by atoms with Crippen LogP contribution in [0.15, 0.2) is 46.6 Å². The molecule has 0 N–H and O–H groups in total. The van der Waals surface area contributed by atoms with Crippen molar-refractivity contribution in [2.24, 2.45) is 0 Å². The van der Waals surface area contributed by atoms with Crippen LogP contribution in [-0.4, -0.2) is 42.8 Å². The second-order valence-electron chi connectivity index (χ2n) is 6.69. The monoisotopic (exact) mass is 514 g/mol. The molecule has 0 aliphatic carbocycles. The first-order valence-corrected chi connectivity index (χ1v) is 11.2. The van der Waals surface area contributed by atoms with Gasteiger partial charge in [0.1, 0.15) is 18.1 Å². The fourth-order valence-electron chi connectivity index (χ4n) is 3.19. The van der Waals surface area contributed by atoms with Gasteiger partial charge in [-0.2, -0.15) is 0 Å². The lowest BCUT2D eigenvalue weighted by Gasteiger charge is -2.16. The van der Waals surface area contributed by atoms with Gasteiger partial charge < -0.3 is 19.1 Å². The molecule has 1 aliphatic rings. The largest absolute Gasteiger partial charge is 0.494 e. The van der Waals surface area contributed by atoms with Crippen molar-refractivity contribution < 1.29 is 19.0 Å². The molecule has 0 unspecified atom stereocenters. The molecule has 1 fully saturated rings. The van der Waals surface area contributed by atoms with E-state index in [0.717, 1.165) is 11.3 Å². The summed E-state index contributed by atoms with van der Waals surface area (Å²) in [6, 6.07) is 10.9. The number of hydrogen-bond acceptors (Lipinski definition) is 5. The number of carbonyl (C=O) groups is 1. The Kier molecular flexibility index (Phi) is 7.78. The lowest BCUT2D eigenvalue weighted by Crippen LogP contribution is -2.31. The molecule has 0 aromatic heterocycles. The maximum Gasteiger partial charge on any atom is 0.281 e. The van der Waals surface area contributed by atoms with E-state index in [1.807, 2.05) is 44.2 Å². The quantitative estimate of drug-likeness (QED) is 0.284. The number of benzene rings is 2. The number of likely N-dealkylation sites (N-methyl/N-ethyl adjacent to an activating group) is 1. The summed E-state index contributed by atoms with van der Waals surface area (Å²) >= 11 is 9.06. The summed E-state index contributed by atoms with van der Waals surface area (Å²) in [5.41, 5.74) is 1.86. The molecule has 2 aromatic rings. The van der Waals surface area contributed by atoms with E-state index in [-0.39, 0.29) is 12.5 Å². The fourth-order valence-corrected chi connectivity index (χ4v) is 4.05. The molecule has 0 spiro atoms. The number of thiocarbonyl (C=S) groups is 1. The summed E-state index contributed by atoms with van der Waals surface area (Å²) in [6.45, 7) is 4.94. The Labute approximate surface area is 201 Å². The van der Waals surface area contributed by atoms with Gasteiger partial charge in [-0.25, -0.2) is 0 Å². The molecule has 1 saturated heterocycles. The molecule has 6 nitrogen and oxygen atoms in total. The zero-order chi connectivity index (χ0) is 23.3. The number of ether oxygens (including phenoxy) is 3. The molecule has 1 amide bonds. The molecule has 0 saturated carbocycles. The molecular formula is C24H23BrN2O4S. The van der Waals surface area contributed by atoms with Gasteiger partial charge >= 0.3 is 0 Å². The van der Waals surface area contributed by atoms with Gasteiger partial charge in [-0.1, -0.05) is 5.92 Å². The van der Waals surface area contributed by atoms with Crippen molar-refractivity contribution in [3.63, 3.8) is 0 Å². The summed E-state index contributed by atoms with van der Waals surface area (Å²) in [6.07, 6.45) is 7.07. The van der Waals surface area contributed by atoms with Crippen molar-refractivity contribution in [2.45, 2.75) is 13.8 Å². The second kappa shape index (κ2) is 10.5. The van der Waals surface area contributed by atoms with E-state index in [1.54, 1.807) is 24.1 Å². The lowest BCUT2D eigenvalue weighted by molar-refractivity contribution is -0.114. The van der Waals surface area contributed by atoms with Gasteiger partial charge in [0, 0.05) is 7.05 Å². The molecule has 0 atom stereocenters. The topological polar surface area (TPSA) is 51.2 Å². The Balaban J connectivity index is 1.95. The summed E-state index contributed by atoms with van der Waals surface area (Å²) in [7, 11) is 1.77. The molecule has 1 heterocycles. The summed E-state index contributed by atoms with van der Waals surface area (Å²) in [4.78, 5) is 16.4. The average Bonchev–Trinajstić information content (AvgIpc) is 2.97. The molecule has 32 heavy (non-hydrogen) atoms. The van der Waals surface area contributed by atoms with Crippen molar-refractivity contribution in [3.8, 4) is 29.6 Å². The zero-order valence-electron chi connectivity index (χ0n) is 18.1. The van der Waals surface area contributed by atoms with E-state index >= 15 is 0 Å².